The molecule has 1 heterocycles. The second kappa shape index (κ2) is 8.09. The van der Waals surface area contributed by atoms with Crippen LogP contribution >= 0.6 is 11.6 Å². The highest BCUT2D eigenvalue weighted by molar-refractivity contribution is 6.34. The van der Waals surface area contributed by atoms with Crippen molar-refractivity contribution in [2.45, 2.75) is 0 Å². The minimum Gasteiger partial charge on any atom is -0.436 e. The van der Waals surface area contributed by atoms with Crippen molar-refractivity contribution in [2.75, 3.05) is 5.32 Å². The van der Waals surface area contributed by atoms with Gasteiger partial charge in [-0.3, -0.25) is 4.79 Å². The predicted molar refractivity (Wildman–Crippen MR) is 124 cm³/mol. The quantitative estimate of drug-likeness (QED) is 0.335. The summed E-state index contributed by atoms with van der Waals surface area (Å²) >= 11 is 6.11. The normalized spacial score (nSPS) is 10.9. The molecule has 0 atom stereocenters. The molecule has 150 valence electrons. The van der Waals surface area contributed by atoms with Crippen LogP contribution < -0.4 is 5.32 Å². The first-order valence-corrected chi connectivity index (χ1v) is 10.2. The molecule has 0 bridgehead atoms. The molecule has 5 heteroatoms. The van der Waals surface area contributed by atoms with Crippen LogP contribution in [-0.2, 0) is 0 Å². The first kappa shape index (κ1) is 19.1. The van der Waals surface area contributed by atoms with Gasteiger partial charge in [0.2, 0.25) is 5.89 Å². The Morgan fingerprint density at radius 1 is 0.774 bits per heavy atom. The average molecular weight is 425 g/mol. The second-order valence-electron chi connectivity index (χ2n) is 7.08. The third kappa shape index (κ3) is 3.93. The smallest absolute Gasteiger partial charge is 0.257 e. The van der Waals surface area contributed by atoms with Crippen LogP contribution in [0.3, 0.4) is 0 Å². The summed E-state index contributed by atoms with van der Waals surface area (Å²) in [5.74, 6) is 0.259. The average Bonchev–Trinajstić information content (AvgIpc) is 3.23. The monoisotopic (exact) mass is 424 g/mol. The molecule has 0 fully saturated rings. The number of aromatic nitrogens is 1. The van der Waals surface area contributed by atoms with E-state index >= 15 is 0 Å². The fourth-order valence-corrected chi connectivity index (χ4v) is 3.63. The van der Waals surface area contributed by atoms with Gasteiger partial charge in [-0.1, -0.05) is 66.2 Å². The number of amides is 1. The van der Waals surface area contributed by atoms with Crippen LogP contribution in [0.5, 0.6) is 0 Å². The highest BCUT2D eigenvalue weighted by atomic mass is 35.5. The molecule has 1 N–H and O–H groups in total. The van der Waals surface area contributed by atoms with Gasteiger partial charge < -0.3 is 9.73 Å². The van der Waals surface area contributed by atoms with Gasteiger partial charge in [0.1, 0.15) is 5.52 Å². The Kier molecular flexibility index (Phi) is 4.98. The number of carbonyl (C=O) groups is 1. The minimum absolute atomic E-state index is 0.273. The number of oxazole rings is 1. The summed E-state index contributed by atoms with van der Waals surface area (Å²) in [7, 11) is 0. The minimum atomic E-state index is -0.273. The third-order valence-electron chi connectivity index (χ3n) is 5.00. The molecule has 1 aromatic heterocycles. The Hall–Kier alpha value is -3.89. The van der Waals surface area contributed by atoms with Gasteiger partial charge in [0.15, 0.2) is 5.58 Å². The number of hydrogen-bond donors (Lipinski definition) is 1. The largest absolute Gasteiger partial charge is 0.436 e. The molecule has 0 spiro atoms. The summed E-state index contributed by atoms with van der Waals surface area (Å²) in [6.45, 7) is 0. The molecule has 31 heavy (non-hydrogen) atoms. The van der Waals surface area contributed by atoms with Crippen molar-refractivity contribution in [3.8, 4) is 22.6 Å². The summed E-state index contributed by atoms with van der Waals surface area (Å²) in [6, 6.07) is 30.6. The number of nitrogens with one attached hydrogen (secondary N) is 1. The predicted octanol–water partition coefficient (Wildman–Crippen LogP) is 7.07. The lowest BCUT2D eigenvalue weighted by atomic mass is 10.0. The van der Waals surface area contributed by atoms with E-state index in [0.29, 0.717) is 33.3 Å². The van der Waals surface area contributed by atoms with E-state index in [1.165, 1.54) is 0 Å². The molecule has 5 rings (SSSR count). The van der Waals surface area contributed by atoms with Gasteiger partial charge in [-0.2, -0.15) is 0 Å². The van der Waals surface area contributed by atoms with E-state index in [1.54, 1.807) is 42.5 Å². The molecule has 0 aliphatic rings. The standard InChI is InChI=1S/C26H17ClN2O2/c27-22-9-5-4-8-21(22)25(30)28-20-14-15-24-23(16-20)29-26(31-24)19-12-10-18(11-13-19)17-6-2-1-3-7-17/h1-16H,(H,28,30). The summed E-state index contributed by atoms with van der Waals surface area (Å²) in [5, 5.41) is 3.27. The molecule has 0 unspecified atom stereocenters. The fraction of sp³-hybridized carbons (Fsp3) is 0. The maximum absolute atomic E-state index is 12.5. The molecule has 0 aliphatic heterocycles. The highest BCUT2D eigenvalue weighted by Crippen LogP contribution is 2.28. The zero-order chi connectivity index (χ0) is 21.2. The van der Waals surface area contributed by atoms with Crippen LogP contribution in [0.2, 0.25) is 5.02 Å². The van der Waals surface area contributed by atoms with Gasteiger partial charge in [0, 0.05) is 11.3 Å². The van der Waals surface area contributed by atoms with Crippen LogP contribution in [0.25, 0.3) is 33.7 Å². The molecule has 0 saturated carbocycles. The van der Waals surface area contributed by atoms with Gasteiger partial charge >= 0.3 is 0 Å². The number of anilines is 1. The first-order chi connectivity index (χ1) is 15.2. The van der Waals surface area contributed by atoms with Gasteiger partial charge in [-0.15, -0.1) is 0 Å². The molecular weight excluding hydrogens is 408 g/mol. The topological polar surface area (TPSA) is 55.1 Å². The Morgan fingerprint density at radius 3 is 2.23 bits per heavy atom. The van der Waals surface area contributed by atoms with E-state index in [4.69, 9.17) is 16.0 Å². The number of carbonyl (C=O) groups excluding carboxylic acids is 1. The Bertz CT molecular complexity index is 1380. The van der Waals surface area contributed by atoms with Crippen molar-refractivity contribution >= 4 is 34.3 Å². The van der Waals surface area contributed by atoms with E-state index < -0.39 is 0 Å². The van der Waals surface area contributed by atoms with E-state index in [0.717, 1.165) is 16.7 Å². The van der Waals surface area contributed by atoms with E-state index in [9.17, 15) is 4.79 Å². The number of benzene rings is 4. The zero-order valence-corrected chi connectivity index (χ0v) is 17.1. The van der Waals surface area contributed by atoms with Crippen molar-refractivity contribution in [3.05, 3.63) is 108 Å². The number of fused-ring (bicyclic) bond motifs is 1. The lowest BCUT2D eigenvalue weighted by molar-refractivity contribution is 0.102. The number of hydrogen-bond acceptors (Lipinski definition) is 3. The second-order valence-corrected chi connectivity index (χ2v) is 7.49. The number of nitrogens with zero attached hydrogens (tertiary/aromatic N) is 1. The van der Waals surface area contributed by atoms with Crippen molar-refractivity contribution in [1.82, 2.24) is 4.98 Å². The van der Waals surface area contributed by atoms with Crippen molar-refractivity contribution < 1.29 is 9.21 Å². The van der Waals surface area contributed by atoms with Crippen LogP contribution in [0.4, 0.5) is 5.69 Å². The lowest BCUT2D eigenvalue weighted by Crippen LogP contribution is -2.12. The molecular formula is C26H17ClN2O2. The number of rotatable bonds is 4. The summed E-state index contributed by atoms with van der Waals surface area (Å²) in [5.41, 5.74) is 5.53. The maximum Gasteiger partial charge on any atom is 0.257 e. The molecule has 1 amide bonds. The SMILES string of the molecule is O=C(Nc1ccc2oc(-c3ccc(-c4ccccc4)cc3)nc2c1)c1ccccc1Cl. The fourth-order valence-electron chi connectivity index (χ4n) is 3.41. The third-order valence-corrected chi connectivity index (χ3v) is 5.33. The molecule has 4 aromatic carbocycles. The molecule has 4 nitrogen and oxygen atoms in total. The van der Waals surface area contributed by atoms with E-state index in [-0.39, 0.29) is 5.91 Å². The van der Waals surface area contributed by atoms with Gasteiger partial charge in [0.05, 0.1) is 10.6 Å². The molecule has 0 radical (unpaired) electrons. The summed E-state index contributed by atoms with van der Waals surface area (Å²) in [4.78, 5) is 17.1. The van der Waals surface area contributed by atoms with Gasteiger partial charge in [-0.25, -0.2) is 4.98 Å². The Morgan fingerprint density at radius 2 is 1.45 bits per heavy atom. The zero-order valence-electron chi connectivity index (χ0n) is 16.4. The maximum atomic E-state index is 12.5. The van der Waals surface area contributed by atoms with Crippen LogP contribution in [0, 0.1) is 0 Å². The Balaban J connectivity index is 1.39. The first-order valence-electron chi connectivity index (χ1n) is 9.80. The van der Waals surface area contributed by atoms with Crippen LogP contribution in [0.1, 0.15) is 10.4 Å². The highest BCUT2D eigenvalue weighted by Gasteiger charge is 2.13. The molecule has 5 aromatic rings. The van der Waals surface area contributed by atoms with Gasteiger partial charge in [-0.05, 0) is 53.6 Å². The van der Waals surface area contributed by atoms with Gasteiger partial charge in [0.25, 0.3) is 5.91 Å². The summed E-state index contributed by atoms with van der Waals surface area (Å²) < 4.78 is 5.92. The van der Waals surface area contributed by atoms with E-state index in [1.807, 2.05) is 30.3 Å². The Labute approximate surface area is 184 Å². The number of halogens is 1. The van der Waals surface area contributed by atoms with Crippen molar-refractivity contribution in [3.63, 3.8) is 0 Å². The lowest BCUT2D eigenvalue weighted by Gasteiger charge is -2.06. The van der Waals surface area contributed by atoms with Crippen LogP contribution in [0.15, 0.2) is 101 Å². The van der Waals surface area contributed by atoms with Crippen molar-refractivity contribution in [2.24, 2.45) is 0 Å². The van der Waals surface area contributed by atoms with Crippen molar-refractivity contribution in [1.29, 1.82) is 0 Å². The van der Waals surface area contributed by atoms with Crippen LogP contribution in [-0.4, -0.2) is 10.9 Å². The molecule has 0 aliphatic carbocycles. The van der Waals surface area contributed by atoms with E-state index in [2.05, 4.69) is 34.6 Å². The molecule has 0 saturated heterocycles. The summed E-state index contributed by atoms with van der Waals surface area (Å²) in [6.07, 6.45) is 0.